The molecule has 0 aliphatic heterocycles. The lowest BCUT2D eigenvalue weighted by molar-refractivity contribution is 0.560. The molecule has 20 heavy (non-hydrogen) atoms. The Morgan fingerprint density at radius 2 is 1.80 bits per heavy atom. The highest BCUT2D eigenvalue weighted by molar-refractivity contribution is 7.12. The van der Waals surface area contributed by atoms with Gasteiger partial charge in [0.05, 0.1) is 6.04 Å². The van der Waals surface area contributed by atoms with Crippen molar-refractivity contribution >= 4 is 11.3 Å². The van der Waals surface area contributed by atoms with Gasteiger partial charge in [-0.05, 0) is 42.0 Å². The maximum atomic E-state index is 5.74. The van der Waals surface area contributed by atoms with E-state index in [0.717, 1.165) is 12.8 Å². The lowest BCUT2D eigenvalue weighted by atomic mass is 9.99. The van der Waals surface area contributed by atoms with E-state index in [1.54, 1.807) is 0 Å². The summed E-state index contributed by atoms with van der Waals surface area (Å²) in [6.07, 6.45) is 2.02. The highest BCUT2D eigenvalue weighted by atomic mass is 32.1. The first kappa shape index (κ1) is 15.2. The zero-order valence-electron chi connectivity index (χ0n) is 12.5. The van der Waals surface area contributed by atoms with Crippen LogP contribution in [0.5, 0.6) is 0 Å². The zero-order chi connectivity index (χ0) is 14.5. The minimum absolute atomic E-state index is 0.199. The lowest BCUT2D eigenvalue weighted by Gasteiger charge is -2.15. The van der Waals surface area contributed by atoms with E-state index in [1.165, 1.54) is 20.9 Å². The third-order valence-corrected chi connectivity index (χ3v) is 5.00. The lowest BCUT2D eigenvalue weighted by Crippen LogP contribution is -2.28. The van der Waals surface area contributed by atoms with Gasteiger partial charge in [0, 0.05) is 9.75 Å². The fourth-order valence-electron chi connectivity index (χ4n) is 2.29. The Labute approximate surface area is 126 Å². The predicted octanol–water partition coefficient (Wildman–Crippen LogP) is 4.18. The molecule has 0 saturated heterocycles. The summed E-state index contributed by atoms with van der Waals surface area (Å²) < 4.78 is 0. The first-order valence-electron chi connectivity index (χ1n) is 7.27. The number of nitrogens with two attached hydrogens (primary N) is 1. The van der Waals surface area contributed by atoms with Crippen molar-refractivity contribution in [3.63, 3.8) is 0 Å². The van der Waals surface area contributed by atoms with Crippen molar-refractivity contribution in [2.75, 3.05) is 0 Å². The molecule has 108 valence electrons. The molecule has 1 heterocycles. The van der Waals surface area contributed by atoms with Gasteiger partial charge in [-0.1, -0.05) is 45.0 Å². The molecular formula is C17H24N2S. The highest BCUT2D eigenvalue weighted by Crippen LogP contribution is 2.26. The molecule has 1 aromatic carbocycles. The van der Waals surface area contributed by atoms with Crippen molar-refractivity contribution in [1.29, 1.82) is 0 Å². The number of hydrazine groups is 1. The van der Waals surface area contributed by atoms with Crippen molar-refractivity contribution in [3.05, 3.63) is 57.3 Å². The van der Waals surface area contributed by atoms with Crippen LogP contribution in [0.15, 0.2) is 36.4 Å². The molecule has 0 saturated carbocycles. The molecule has 3 heteroatoms. The predicted molar refractivity (Wildman–Crippen MR) is 88.0 cm³/mol. The van der Waals surface area contributed by atoms with E-state index in [0.29, 0.717) is 5.92 Å². The van der Waals surface area contributed by atoms with E-state index in [-0.39, 0.29) is 6.04 Å². The Hall–Kier alpha value is -1.16. The average Bonchev–Trinajstić information content (AvgIpc) is 2.94. The number of nitrogens with one attached hydrogen (secondary N) is 1. The van der Waals surface area contributed by atoms with Crippen LogP contribution >= 0.6 is 11.3 Å². The van der Waals surface area contributed by atoms with E-state index in [2.05, 4.69) is 62.6 Å². The van der Waals surface area contributed by atoms with Gasteiger partial charge in [-0.15, -0.1) is 11.3 Å². The topological polar surface area (TPSA) is 38.0 Å². The first-order valence-corrected chi connectivity index (χ1v) is 8.09. The number of benzene rings is 1. The second kappa shape index (κ2) is 7.02. The first-order chi connectivity index (χ1) is 9.63. The van der Waals surface area contributed by atoms with Crippen LogP contribution in [-0.4, -0.2) is 0 Å². The molecule has 2 aromatic rings. The summed E-state index contributed by atoms with van der Waals surface area (Å²) in [4.78, 5) is 2.73. The van der Waals surface area contributed by atoms with Crippen LogP contribution in [0.2, 0.25) is 0 Å². The highest BCUT2D eigenvalue weighted by Gasteiger charge is 2.13. The van der Waals surface area contributed by atoms with Gasteiger partial charge in [0.1, 0.15) is 0 Å². The average molecular weight is 288 g/mol. The van der Waals surface area contributed by atoms with Gasteiger partial charge in [-0.3, -0.25) is 11.3 Å². The minimum atomic E-state index is 0.199. The molecule has 0 spiro atoms. The van der Waals surface area contributed by atoms with Crippen molar-refractivity contribution < 1.29 is 0 Å². The second-order valence-corrected chi connectivity index (χ2v) is 6.68. The normalized spacial score (nSPS) is 12.8. The Balaban J connectivity index is 2.09. The summed E-state index contributed by atoms with van der Waals surface area (Å²) in [5, 5.41) is 0. The van der Waals surface area contributed by atoms with Crippen molar-refractivity contribution in [3.8, 4) is 0 Å². The Kier molecular flexibility index (Phi) is 5.35. The Bertz CT molecular complexity index is 528. The van der Waals surface area contributed by atoms with Crippen LogP contribution in [0.1, 0.15) is 53.6 Å². The van der Waals surface area contributed by atoms with Crippen molar-refractivity contribution in [2.45, 2.75) is 45.6 Å². The third kappa shape index (κ3) is 3.69. The second-order valence-electron chi connectivity index (χ2n) is 5.48. The standard InChI is InChI=1S/C17H24N2S/c1-4-15-9-10-17(20-15)16(19-18)11-13-5-7-14(8-6-13)12(2)3/h5-10,12,16,19H,4,11,18H2,1-3H3. The van der Waals surface area contributed by atoms with E-state index in [9.17, 15) is 0 Å². The van der Waals surface area contributed by atoms with Crippen LogP contribution in [0.4, 0.5) is 0 Å². The van der Waals surface area contributed by atoms with Crippen LogP contribution in [0, 0.1) is 0 Å². The van der Waals surface area contributed by atoms with Crippen molar-refractivity contribution in [1.82, 2.24) is 5.43 Å². The van der Waals surface area contributed by atoms with Crippen LogP contribution in [-0.2, 0) is 12.8 Å². The molecule has 1 unspecified atom stereocenters. The van der Waals surface area contributed by atoms with Gasteiger partial charge < -0.3 is 0 Å². The molecular weight excluding hydrogens is 264 g/mol. The molecule has 0 aliphatic rings. The third-order valence-electron chi connectivity index (χ3n) is 3.66. The van der Waals surface area contributed by atoms with Gasteiger partial charge in [-0.25, -0.2) is 0 Å². The molecule has 2 rings (SSSR count). The Morgan fingerprint density at radius 3 is 2.30 bits per heavy atom. The molecule has 0 radical (unpaired) electrons. The zero-order valence-corrected chi connectivity index (χ0v) is 13.3. The number of hydrogen-bond acceptors (Lipinski definition) is 3. The smallest absolute Gasteiger partial charge is 0.0593 e. The molecule has 0 bridgehead atoms. The monoisotopic (exact) mass is 288 g/mol. The molecule has 1 aromatic heterocycles. The van der Waals surface area contributed by atoms with Gasteiger partial charge in [0.25, 0.3) is 0 Å². The van der Waals surface area contributed by atoms with Gasteiger partial charge in [0.15, 0.2) is 0 Å². The molecule has 0 fully saturated rings. The minimum Gasteiger partial charge on any atom is -0.271 e. The van der Waals surface area contributed by atoms with E-state index in [1.807, 2.05) is 11.3 Å². The summed E-state index contributed by atoms with van der Waals surface area (Å²) in [5.41, 5.74) is 5.66. The number of hydrogen-bond donors (Lipinski definition) is 2. The summed E-state index contributed by atoms with van der Waals surface area (Å²) in [5.74, 6) is 6.32. The molecule has 3 N–H and O–H groups in total. The number of rotatable bonds is 6. The van der Waals surface area contributed by atoms with Gasteiger partial charge >= 0.3 is 0 Å². The van der Waals surface area contributed by atoms with E-state index in [4.69, 9.17) is 5.84 Å². The summed E-state index contributed by atoms with van der Waals surface area (Å²) in [7, 11) is 0. The van der Waals surface area contributed by atoms with Crippen LogP contribution in [0.25, 0.3) is 0 Å². The maximum absolute atomic E-state index is 5.74. The number of thiophene rings is 1. The SMILES string of the molecule is CCc1ccc(C(Cc2ccc(C(C)C)cc2)NN)s1. The number of aryl methyl sites for hydroxylation is 1. The van der Waals surface area contributed by atoms with Crippen LogP contribution < -0.4 is 11.3 Å². The summed E-state index contributed by atoms with van der Waals surface area (Å²) in [6.45, 7) is 6.62. The van der Waals surface area contributed by atoms with Crippen molar-refractivity contribution in [2.24, 2.45) is 5.84 Å². The molecule has 0 aliphatic carbocycles. The van der Waals surface area contributed by atoms with E-state index >= 15 is 0 Å². The van der Waals surface area contributed by atoms with Gasteiger partial charge in [-0.2, -0.15) is 0 Å². The summed E-state index contributed by atoms with van der Waals surface area (Å²) >= 11 is 1.85. The molecule has 2 nitrogen and oxygen atoms in total. The summed E-state index contributed by atoms with van der Waals surface area (Å²) in [6, 6.07) is 13.5. The van der Waals surface area contributed by atoms with Crippen LogP contribution in [0.3, 0.4) is 0 Å². The van der Waals surface area contributed by atoms with E-state index < -0.39 is 0 Å². The maximum Gasteiger partial charge on any atom is 0.0593 e. The Morgan fingerprint density at radius 1 is 1.10 bits per heavy atom. The fourth-order valence-corrected chi connectivity index (χ4v) is 3.30. The fraction of sp³-hybridized carbons (Fsp3) is 0.412. The quantitative estimate of drug-likeness (QED) is 0.618. The molecule has 1 atom stereocenters. The molecule has 0 amide bonds. The van der Waals surface area contributed by atoms with Gasteiger partial charge in [0.2, 0.25) is 0 Å². The largest absolute Gasteiger partial charge is 0.271 e.